The summed E-state index contributed by atoms with van der Waals surface area (Å²) in [6, 6.07) is 59.8. The van der Waals surface area contributed by atoms with Crippen LogP contribution in [0.25, 0.3) is 173 Å². The predicted molar refractivity (Wildman–Crippen MR) is 302 cm³/mol. The fourth-order valence-electron chi connectivity index (χ4n) is 17.2. The molecule has 0 aliphatic heterocycles. The van der Waals surface area contributed by atoms with Gasteiger partial charge in [0, 0.05) is 52.4 Å². The molecule has 2 aromatic heterocycles. The van der Waals surface area contributed by atoms with Gasteiger partial charge in [0.25, 0.3) is 0 Å². The van der Waals surface area contributed by atoms with Crippen molar-refractivity contribution < 1.29 is 0 Å². The van der Waals surface area contributed by atoms with Gasteiger partial charge < -0.3 is 4.90 Å². The van der Waals surface area contributed by atoms with E-state index < -0.39 is 0 Å². The molecule has 3 nitrogen and oxygen atoms in total. The molecular weight excluding hydrogens is 871 g/mol. The molecule has 2 aliphatic rings. The number of fused-ring (bicyclic) bond motifs is 8. The molecule has 0 spiro atoms. The van der Waals surface area contributed by atoms with Crippen molar-refractivity contribution in [1.82, 2.24) is 9.97 Å². The van der Waals surface area contributed by atoms with Gasteiger partial charge >= 0.3 is 0 Å². The van der Waals surface area contributed by atoms with E-state index >= 15 is 0 Å². The number of rotatable bonds is 6. The molecule has 0 radical (unpaired) electrons. The minimum absolute atomic E-state index is 0.377. The summed E-state index contributed by atoms with van der Waals surface area (Å²) >= 11 is 0. The Kier molecular flexibility index (Phi) is 5.03. The second-order valence-corrected chi connectivity index (χ2v) is 22.0. The maximum atomic E-state index is 4.65. The van der Waals surface area contributed by atoms with Gasteiger partial charge in [0.15, 0.2) is 0 Å². The van der Waals surface area contributed by atoms with Gasteiger partial charge in [-0.1, -0.05) is 97.1 Å². The first-order chi connectivity index (χ1) is 35.8. The fourth-order valence-corrected chi connectivity index (χ4v) is 17.2. The molecular formula is C69H31N3. The molecule has 18 aromatic carbocycles. The summed E-state index contributed by atoms with van der Waals surface area (Å²) in [5.74, 6) is 1.20. The lowest BCUT2D eigenvalue weighted by molar-refractivity contribution is 1.04. The van der Waals surface area contributed by atoms with Gasteiger partial charge in [-0.3, -0.25) is 9.97 Å². The largest absolute Gasteiger partial charge is 0.311 e. The summed E-state index contributed by atoms with van der Waals surface area (Å²) < 4.78 is 0. The minimum atomic E-state index is 0.377. The summed E-state index contributed by atoms with van der Waals surface area (Å²) in [7, 11) is 0. The molecule has 0 bridgehead atoms. The highest BCUT2D eigenvalue weighted by molar-refractivity contribution is 6.69. The van der Waals surface area contributed by atoms with Gasteiger partial charge in [-0.15, -0.1) is 0 Å². The first-order valence-electron chi connectivity index (χ1n) is 25.7. The van der Waals surface area contributed by atoms with Crippen molar-refractivity contribution in [3.05, 3.63) is 187 Å². The predicted octanol–water partition coefficient (Wildman–Crippen LogP) is 18.7. The monoisotopic (exact) mass is 901 g/mol. The van der Waals surface area contributed by atoms with Gasteiger partial charge in [-0.05, 0) is 234 Å². The number of hydrogen-bond acceptors (Lipinski definition) is 3. The third-order valence-electron chi connectivity index (χ3n) is 19.5. The maximum Gasteiger partial charge on any atom is 0.0701 e. The first-order valence-corrected chi connectivity index (χ1v) is 25.7. The van der Waals surface area contributed by atoms with E-state index in [4.69, 9.17) is 0 Å². The Morgan fingerprint density at radius 3 is 0.903 bits per heavy atom. The van der Waals surface area contributed by atoms with Crippen molar-refractivity contribution >= 4 is 168 Å². The Labute approximate surface area is 407 Å². The molecule has 72 heavy (non-hydrogen) atoms. The van der Waals surface area contributed by atoms with Crippen LogP contribution in [-0.2, 0) is 0 Å². The molecule has 0 amide bonds. The average Bonchev–Trinajstić information content (AvgIpc) is 4.14. The number of nitrogens with zero attached hydrogens (tertiary/aromatic N) is 3. The number of aromatic nitrogens is 2. The Morgan fingerprint density at radius 1 is 0.250 bits per heavy atom. The Bertz CT molecular complexity index is 5270. The van der Waals surface area contributed by atoms with Crippen molar-refractivity contribution in [2.24, 2.45) is 0 Å². The van der Waals surface area contributed by atoms with Gasteiger partial charge in [-0.25, -0.2) is 0 Å². The summed E-state index contributed by atoms with van der Waals surface area (Å²) in [5, 5.41) is 42.7. The van der Waals surface area contributed by atoms with Crippen LogP contribution in [0.2, 0.25) is 0 Å². The van der Waals surface area contributed by atoms with Crippen LogP contribution in [0.5, 0.6) is 0 Å². The van der Waals surface area contributed by atoms with Gasteiger partial charge in [0.2, 0.25) is 0 Å². The van der Waals surface area contributed by atoms with E-state index in [1.165, 1.54) is 81.0 Å². The molecule has 22 rings (SSSR count). The summed E-state index contributed by atoms with van der Waals surface area (Å²) in [6.45, 7) is 0. The van der Waals surface area contributed by atoms with E-state index in [2.05, 4.69) is 160 Å². The normalized spacial score (nSPS) is 17.6. The van der Waals surface area contributed by atoms with Crippen LogP contribution in [0.15, 0.2) is 170 Å². The van der Waals surface area contributed by atoms with Crippen LogP contribution < -0.4 is 4.90 Å². The van der Waals surface area contributed by atoms with E-state index in [1.54, 1.807) is 86.5 Å². The van der Waals surface area contributed by atoms with Crippen molar-refractivity contribution in [3.63, 3.8) is 0 Å². The van der Waals surface area contributed by atoms with Gasteiger partial charge in [0.05, 0.1) is 11.4 Å². The highest BCUT2D eigenvalue weighted by Gasteiger charge is 2.58. The van der Waals surface area contributed by atoms with Gasteiger partial charge in [-0.2, -0.15) is 0 Å². The zero-order chi connectivity index (χ0) is 45.5. The molecule has 2 aliphatic carbocycles. The van der Waals surface area contributed by atoms with Crippen LogP contribution in [0.3, 0.4) is 0 Å². The van der Waals surface area contributed by atoms with E-state index in [0.29, 0.717) is 17.8 Å². The van der Waals surface area contributed by atoms with E-state index in [9.17, 15) is 0 Å². The third-order valence-corrected chi connectivity index (χ3v) is 19.5. The highest BCUT2D eigenvalue weighted by atomic mass is 15.1. The topological polar surface area (TPSA) is 29.0 Å². The molecule has 2 atom stereocenters. The molecule has 2 heterocycles. The van der Waals surface area contributed by atoms with Crippen molar-refractivity contribution in [3.8, 4) is 22.5 Å². The van der Waals surface area contributed by atoms with Crippen LogP contribution in [0, 0.1) is 0 Å². The number of benzene rings is 12. The van der Waals surface area contributed by atoms with Crippen molar-refractivity contribution in [2.75, 3.05) is 4.90 Å². The smallest absolute Gasteiger partial charge is 0.0701 e. The Balaban J connectivity index is 0.796. The average molecular weight is 902 g/mol. The zero-order valence-corrected chi connectivity index (χ0v) is 38.2. The van der Waals surface area contributed by atoms with Gasteiger partial charge in [0.1, 0.15) is 0 Å². The molecule has 0 N–H and O–H groups in total. The van der Waals surface area contributed by atoms with Crippen molar-refractivity contribution in [1.29, 1.82) is 0 Å². The summed E-state index contributed by atoms with van der Waals surface area (Å²) in [6.07, 6.45) is 3.73. The quantitative estimate of drug-likeness (QED) is 0.156. The Morgan fingerprint density at radius 2 is 0.556 bits per heavy atom. The van der Waals surface area contributed by atoms with E-state index in [1.807, 2.05) is 24.5 Å². The molecule has 2 unspecified atom stereocenters. The molecule has 20 aromatic rings. The second-order valence-electron chi connectivity index (χ2n) is 22.0. The zero-order valence-electron chi connectivity index (χ0n) is 38.2. The Hall–Kier alpha value is -9.18. The summed E-state index contributed by atoms with van der Waals surface area (Å²) in [4.78, 5) is 11.7. The van der Waals surface area contributed by atoms with Crippen molar-refractivity contribution in [2.45, 2.75) is 17.8 Å². The summed E-state index contributed by atoms with van der Waals surface area (Å²) in [5.41, 5.74) is 12.2. The SMILES string of the molecule is c1ccc(-c2ccc(N(c3ccc(-c4ccccn4)cc3)c3ccc(C4C5c6c7ccc8c9ccc%10c%11ccc%12c%13ccc%14c(c%15c6c6c7c8c7c9c%10c8c%11c%12c9c%13c%14c%15c%10c6c7c8c9%10)C45)cc3)cc2)nc1. The third kappa shape index (κ3) is 3.25. The van der Waals surface area contributed by atoms with E-state index in [-0.39, 0.29) is 0 Å². The molecule has 0 saturated heterocycles. The number of pyridine rings is 2. The molecule has 3 heteroatoms. The standard InChI is InChI=1S/C69H31N3/c1-3-27-70-43(5-1)29-7-13-32(14-8-29)72(33-15-9-30(10-16-33)44-6-2-4-28-71-44)34-17-11-31(12-18-34)45-56-54-41-25-23-39-37-21-19-35-36-20-22-38-40-24-26-42-53-51(40)60-49(38)47(36)58-46(35)48(37)59-50(39)52(41)61-63(54)64(55(42)57(45)56)62(53)69-67(60)65(58)66(59)68(61)69/h1-28,45,56-57H. The number of hydrogen-bond donors (Lipinski definition) is 0. The first kappa shape index (κ1) is 34.2. The van der Waals surface area contributed by atoms with E-state index in [0.717, 1.165) is 39.6 Å². The molecule has 322 valence electrons. The molecule has 1 saturated carbocycles. The lowest BCUT2D eigenvalue weighted by atomic mass is 9.88. The lowest BCUT2D eigenvalue weighted by Gasteiger charge is -2.26. The molecule has 1 fully saturated rings. The minimum Gasteiger partial charge on any atom is -0.311 e. The van der Waals surface area contributed by atoms with Crippen LogP contribution >= 0.6 is 0 Å². The number of anilines is 3. The van der Waals surface area contributed by atoms with Crippen LogP contribution in [0.4, 0.5) is 17.1 Å². The van der Waals surface area contributed by atoms with Crippen LogP contribution in [-0.4, -0.2) is 9.97 Å². The second kappa shape index (κ2) is 10.6. The highest BCUT2D eigenvalue weighted by Crippen LogP contribution is 2.77. The lowest BCUT2D eigenvalue weighted by Crippen LogP contribution is -2.10. The fraction of sp³-hybridized carbons (Fsp3) is 0.0435. The maximum absolute atomic E-state index is 4.65. The van der Waals surface area contributed by atoms with Crippen LogP contribution in [0.1, 0.15) is 34.4 Å².